The molecule has 212 valence electrons. The summed E-state index contributed by atoms with van der Waals surface area (Å²) < 4.78 is 26.0. The Kier molecular flexibility index (Phi) is 12.9. The first-order valence-electron chi connectivity index (χ1n) is 13.1. The minimum absolute atomic E-state index is 0.688. The van der Waals surface area contributed by atoms with Crippen molar-refractivity contribution in [2.45, 2.75) is 40.2 Å². The number of rotatable bonds is 10. The number of carboxylic acid groups (broad SMARTS) is 1. The van der Waals surface area contributed by atoms with E-state index in [1.54, 1.807) is 0 Å². The molecule has 3 rings (SSSR count). The largest absolute Gasteiger partial charge is 0.480 e. The van der Waals surface area contributed by atoms with Crippen molar-refractivity contribution in [3.63, 3.8) is 0 Å². The predicted molar refractivity (Wildman–Crippen MR) is 158 cm³/mol. The monoisotopic (exact) mass is 548 g/mol. The van der Waals surface area contributed by atoms with Gasteiger partial charge in [0.1, 0.15) is 23.7 Å². The van der Waals surface area contributed by atoms with Gasteiger partial charge < -0.3 is 15.3 Å². The van der Waals surface area contributed by atoms with Crippen LogP contribution in [0.1, 0.15) is 64.0 Å². The minimum atomic E-state index is -1.29. The lowest BCUT2D eigenvalue weighted by atomic mass is 9.93. The summed E-state index contributed by atoms with van der Waals surface area (Å²) >= 11 is 0. The molecule has 5 nitrogen and oxygen atoms in total. The molecule has 0 aliphatic rings. The molecule has 3 aromatic carbocycles. The van der Waals surface area contributed by atoms with Crippen molar-refractivity contribution in [1.82, 2.24) is 10.2 Å². The van der Waals surface area contributed by atoms with Crippen molar-refractivity contribution in [3.05, 3.63) is 117 Å². The number of hydrogen-bond acceptors (Lipinski definition) is 3. The Balaban J connectivity index is 0.000000319. The molecule has 0 unspecified atom stereocenters. The van der Waals surface area contributed by atoms with Gasteiger partial charge in [-0.25, -0.2) is 8.78 Å². The number of carbonyl (C=O) groups is 2. The Bertz CT molecular complexity index is 1340. The van der Waals surface area contributed by atoms with Gasteiger partial charge in [-0.15, -0.1) is 0 Å². The van der Waals surface area contributed by atoms with Gasteiger partial charge in [0, 0.05) is 6.54 Å². The zero-order valence-electron chi connectivity index (χ0n) is 23.8. The van der Waals surface area contributed by atoms with E-state index in [0.29, 0.717) is 0 Å². The molecule has 0 atom stereocenters. The van der Waals surface area contributed by atoms with E-state index in [1.165, 1.54) is 33.4 Å². The van der Waals surface area contributed by atoms with Gasteiger partial charge in [-0.1, -0.05) is 79.3 Å². The number of aliphatic carboxylic acids is 1. The Morgan fingerprint density at radius 2 is 1.62 bits per heavy atom. The summed E-state index contributed by atoms with van der Waals surface area (Å²) in [4.78, 5) is 23.5. The molecular weight excluding hydrogens is 510 g/mol. The van der Waals surface area contributed by atoms with Gasteiger partial charge in [-0.2, -0.15) is 0 Å². The molecule has 1 amide bonds. The maximum Gasteiger partial charge on any atom is 0.322 e. The fourth-order valence-corrected chi connectivity index (χ4v) is 4.24. The predicted octanol–water partition coefficient (Wildman–Crippen LogP) is 6.88. The third-order valence-corrected chi connectivity index (χ3v) is 5.78. The topological polar surface area (TPSA) is 69.6 Å². The molecule has 7 heteroatoms. The molecule has 0 saturated heterocycles. The van der Waals surface area contributed by atoms with Crippen LogP contribution in [0.15, 0.2) is 66.7 Å². The molecule has 0 aromatic heterocycles. The summed E-state index contributed by atoms with van der Waals surface area (Å²) in [6.45, 7) is 6.75. The second-order valence-electron chi connectivity index (χ2n) is 9.65. The molecule has 0 spiro atoms. The van der Waals surface area contributed by atoms with Crippen molar-refractivity contribution in [3.8, 4) is 0 Å². The summed E-state index contributed by atoms with van der Waals surface area (Å²) in [6, 6.07) is 16.5. The summed E-state index contributed by atoms with van der Waals surface area (Å²) in [5, 5.41) is 10.1. The highest BCUT2D eigenvalue weighted by Crippen LogP contribution is 2.23. The summed E-state index contributed by atoms with van der Waals surface area (Å²) in [7, 11) is 4.24. The smallest absolute Gasteiger partial charge is 0.322 e. The second kappa shape index (κ2) is 16.1. The van der Waals surface area contributed by atoms with Crippen LogP contribution >= 0.6 is 0 Å². The van der Waals surface area contributed by atoms with Crippen LogP contribution in [0.3, 0.4) is 0 Å². The van der Waals surface area contributed by atoms with E-state index in [0.717, 1.165) is 37.6 Å². The van der Waals surface area contributed by atoms with Gasteiger partial charge in [0.2, 0.25) is 0 Å². The van der Waals surface area contributed by atoms with E-state index in [2.05, 4.69) is 100 Å². The second-order valence-corrected chi connectivity index (χ2v) is 9.65. The van der Waals surface area contributed by atoms with E-state index < -0.39 is 35.6 Å². The highest BCUT2D eigenvalue weighted by molar-refractivity contribution is 5.96. The average Bonchev–Trinajstić information content (AvgIpc) is 2.87. The number of hydrogen-bond donors (Lipinski definition) is 2. The van der Waals surface area contributed by atoms with Crippen LogP contribution < -0.4 is 5.32 Å². The molecule has 3 aromatic rings. The average molecular weight is 549 g/mol. The minimum Gasteiger partial charge on any atom is -0.480 e. The van der Waals surface area contributed by atoms with Gasteiger partial charge >= 0.3 is 5.97 Å². The van der Waals surface area contributed by atoms with Crippen LogP contribution in [-0.2, 0) is 17.8 Å². The van der Waals surface area contributed by atoms with Gasteiger partial charge in [-0.05, 0) is 80.7 Å². The zero-order chi connectivity index (χ0) is 29.7. The Morgan fingerprint density at radius 1 is 0.975 bits per heavy atom. The summed E-state index contributed by atoms with van der Waals surface area (Å²) in [5.41, 5.74) is 7.37. The number of benzene rings is 3. The molecule has 0 aliphatic heterocycles. The highest BCUT2D eigenvalue weighted by atomic mass is 19.1. The van der Waals surface area contributed by atoms with Crippen molar-refractivity contribution in [2.75, 3.05) is 20.6 Å². The lowest BCUT2D eigenvalue weighted by molar-refractivity contribution is -0.135. The Morgan fingerprint density at radius 3 is 2.23 bits per heavy atom. The maximum atomic E-state index is 13.0. The number of aryl methyl sites for hydroxylation is 1. The van der Waals surface area contributed by atoms with E-state index in [9.17, 15) is 18.4 Å². The lowest BCUT2D eigenvalue weighted by Gasteiger charge is -2.14. The number of allylic oxidation sites excluding steroid dienone is 2. The lowest BCUT2D eigenvalue weighted by Crippen LogP contribution is -2.30. The first-order chi connectivity index (χ1) is 19.0. The van der Waals surface area contributed by atoms with Crippen LogP contribution in [-0.4, -0.2) is 42.5 Å². The van der Waals surface area contributed by atoms with Crippen LogP contribution in [0.5, 0.6) is 0 Å². The summed E-state index contributed by atoms with van der Waals surface area (Å²) in [6.07, 6.45) is 10.9. The normalized spacial score (nSPS) is 11.1. The van der Waals surface area contributed by atoms with Crippen LogP contribution in [0, 0.1) is 18.6 Å². The number of carbonyl (C=O) groups excluding carboxylic acids is 1. The first kappa shape index (κ1) is 32.1. The molecule has 0 radical (unpaired) electrons. The third-order valence-electron chi connectivity index (χ3n) is 5.78. The molecule has 0 bridgehead atoms. The van der Waals surface area contributed by atoms with E-state index in [1.807, 2.05) is 5.32 Å². The molecular formula is C33H38F2N2O3. The fourth-order valence-electron chi connectivity index (χ4n) is 4.24. The number of nitrogens with one attached hydrogen (secondary N) is 1. The van der Waals surface area contributed by atoms with Gasteiger partial charge in [0.05, 0.1) is 0 Å². The van der Waals surface area contributed by atoms with Crippen LogP contribution in [0.4, 0.5) is 8.78 Å². The first-order valence-corrected chi connectivity index (χ1v) is 13.1. The molecule has 40 heavy (non-hydrogen) atoms. The third kappa shape index (κ3) is 10.2. The van der Waals surface area contributed by atoms with Crippen molar-refractivity contribution < 1.29 is 23.5 Å². The van der Waals surface area contributed by atoms with Crippen molar-refractivity contribution in [1.29, 1.82) is 0 Å². The molecule has 0 saturated carbocycles. The van der Waals surface area contributed by atoms with E-state index >= 15 is 0 Å². The number of amides is 1. The molecule has 2 N–H and O–H groups in total. The van der Waals surface area contributed by atoms with Gasteiger partial charge in [0.15, 0.2) is 0 Å². The van der Waals surface area contributed by atoms with Crippen molar-refractivity contribution in [2.24, 2.45) is 0 Å². The van der Waals surface area contributed by atoms with Gasteiger partial charge in [-0.3, -0.25) is 9.59 Å². The molecule has 0 heterocycles. The fraction of sp³-hybridized carbons (Fsp3) is 0.273. The highest BCUT2D eigenvalue weighted by Gasteiger charge is 2.17. The van der Waals surface area contributed by atoms with Crippen LogP contribution in [0.2, 0.25) is 0 Å². The maximum absolute atomic E-state index is 13.0. The number of nitrogens with zero attached hydrogens (tertiary/aromatic N) is 1. The number of halogens is 2. The zero-order valence-corrected chi connectivity index (χ0v) is 23.8. The standard InChI is InChI=1S/C24H31N.C9H7F2NO3/c1-6-8-13-24-22(10-7-2)11-9-12-23(24)17-20-14-19(3)15-21(16-20)18-25(4)5;10-5-2-1-3-6(11)8(5)9(15)12-4-7(13)14/h7-16H,6,17-18H2,1-5H3;1-3H,4H2,(H,12,15)(H,13,14)/b10-7-,13-8+;. The van der Waals surface area contributed by atoms with E-state index in [4.69, 9.17) is 5.11 Å². The van der Waals surface area contributed by atoms with Crippen LogP contribution in [0.25, 0.3) is 12.2 Å². The quantitative estimate of drug-likeness (QED) is 0.290. The SMILES string of the molecule is C/C=C\c1cccc(Cc2cc(C)cc(CN(C)C)c2)c1/C=C/CC.O=C(O)CNC(=O)c1c(F)cccc1F. The summed E-state index contributed by atoms with van der Waals surface area (Å²) in [5.74, 6) is -4.44. The van der Waals surface area contributed by atoms with Gasteiger partial charge in [0.25, 0.3) is 5.91 Å². The van der Waals surface area contributed by atoms with Crippen molar-refractivity contribution >= 4 is 24.0 Å². The Labute approximate surface area is 235 Å². The number of carboxylic acids is 1. The molecule has 0 fully saturated rings. The molecule has 0 aliphatic carbocycles. The van der Waals surface area contributed by atoms with E-state index in [-0.39, 0.29) is 0 Å². The Hall–Kier alpha value is -4.10.